The van der Waals surface area contributed by atoms with Crippen LogP contribution in [0.3, 0.4) is 0 Å². The van der Waals surface area contributed by atoms with Crippen molar-refractivity contribution in [1.82, 2.24) is 24.1 Å². The van der Waals surface area contributed by atoms with Crippen molar-refractivity contribution in [3.8, 4) is 17.3 Å². The van der Waals surface area contributed by atoms with Gasteiger partial charge in [-0.05, 0) is 55.4 Å². The Bertz CT molecular complexity index is 1290. The third-order valence-electron chi connectivity index (χ3n) is 6.15. The van der Waals surface area contributed by atoms with Crippen LogP contribution in [0.15, 0.2) is 36.7 Å². The Morgan fingerprint density at radius 2 is 2.17 bits per heavy atom. The van der Waals surface area contributed by atoms with Gasteiger partial charge in [0, 0.05) is 24.7 Å². The number of amides is 1. The molecule has 1 aromatic carbocycles. The Kier molecular flexibility index (Phi) is 3.81. The van der Waals surface area contributed by atoms with E-state index in [0.717, 1.165) is 65.3 Å². The lowest BCUT2D eigenvalue weighted by Crippen LogP contribution is -2.26. The number of hydrogen-bond acceptors (Lipinski definition) is 5. The molecule has 8 heteroatoms. The van der Waals surface area contributed by atoms with Crippen molar-refractivity contribution in [2.75, 3.05) is 6.61 Å². The smallest absolute Gasteiger partial charge is 0.221 e. The van der Waals surface area contributed by atoms with Crippen LogP contribution in [-0.2, 0) is 17.8 Å². The van der Waals surface area contributed by atoms with Crippen molar-refractivity contribution in [2.24, 2.45) is 17.6 Å². The molecule has 6 rings (SSSR count). The average molecular weight is 402 g/mol. The first-order valence-electron chi connectivity index (χ1n) is 10.4. The summed E-state index contributed by atoms with van der Waals surface area (Å²) in [5, 5.41) is 4.22. The molecule has 1 atom stereocenters. The Morgan fingerprint density at radius 3 is 3.00 bits per heavy atom. The topological polar surface area (TPSA) is 100 Å². The normalized spacial score (nSPS) is 17.1. The molecule has 0 radical (unpaired) electrons. The standard InChI is InChI=1S/C22H22N6O2/c23-21(29)15(14-2-3-14)10-13-11-17-20-18(12-13)30-9-1-7-27(20)22(26-17)16-5-8-28-19(25-16)4-6-24-28/h4-6,8,11-12,14-15H,1-3,7,9-10H2,(H2,23,29)/t15-/m0/s1. The summed E-state index contributed by atoms with van der Waals surface area (Å²) in [4.78, 5) is 21.6. The van der Waals surface area contributed by atoms with Gasteiger partial charge in [-0.2, -0.15) is 5.10 Å². The fourth-order valence-electron chi connectivity index (χ4n) is 4.52. The van der Waals surface area contributed by atoms with E-state index in [1.54, 1.807) is 10.7 Å². The van der Waals surface area contributed by atoms with Crippen molar-refractivity contribution in [1.29, 1.82) is 0 Å². The summed E-state index contributed by atoms with van der Waals surface area (Å²) < 4.78 is 10.0. The number of fused-ring (bicyclic) bond motifs is 1. The predicted molar refractivity (Wildman–Crippen MR) is 111 cm³/mol. The molecule has 4 aromatic rings. The van der Waals surface area contributed by atoms with E-state index in [1.165, 1.54) is 0 Å². The summed E-state index contributed by atoms with van der Waals surface area (Å²) in [5.74, 6) is 1.73. The number of aromatic nitrogens is 5. The zero-order chi connectivity index (χ0) is 20.2. The van der Waals surface area contributed by atoms with Gasteiger partial charge >= 0.3 is 0 Å². The Balaban J connectivity index is 1.48. The fraction of sp³-hybridized carbons (Fsp3) is 0.364. The third-order valence-corrected chi connectivity index (χ3v) is 6.15. The predicted octanol–water partition coefficient (Wildman–Crippen LogP) is 2.58. The first-order valence-corrected chi connectivity index (χ1v) is 10.4. The van der Waals surface area contributed by atoms with Gasteiger partial charge in [-0.1, -0.05) is 0 Å². The van der Waals surface area contributed by atoms with Crippen molar-refractivity contribution in [3.05, 3.63) is 42.2 Å². The van der Waals surface area contributed by atoms with Gasteiger partial charge < -0.3 is 15.0 Å². The number of carbonyl (C=O) groups is 1. The van der Waals surface area contributed by atoms with Gasteiger partial charge in [-0.25, -0.2) is 14.5 Å². The maximum Gasteiger partial charge on any atom is 0.221 e. The molecule has 3 aromatic heterocycles. The molecule has 152 valence electrons. The highest BCUT2D eigenvalue weighted by Crippen LogP contribution is 2.40. The minimum atomic E-state index is -0.214. The number of ether oxygens (including phenoxy) is 1. The first-order chi connectivity index (χ1) is 14.7. The van der Waals surface area contributed by atoms with Crippen LogP contribution < -0.4 is 10.5 Å². The van der Waals surface area contributed by atoms with E-state index in [9.17, 15) is 4.79 Å². The molecule has 1 amide bonds. The molecule has 1 fully saturated rings. The molecule has 1 aliphatic heterocycles. The van der Waals surface area contributed by atoms with Gasteiger partial charge in [0.25, 0.3) is 0 Å². The van der Waals surface area contributed by atoms with Crippen LogP contribution in [0.5, 0.6) is 5.75 Å². The van der Waals surface area contributed by atoms with Crippen LogP contribution in [0.25, 0.3) is 28.2 Å². The molecule has 0 spiro atoms. The van der Waals surface area contributed by atoms with E-state index < -0.39 is 0 Å². The molecule has 30 heavy (non-hydrogen) atoms. The zero-order valence-electron chi connectivity index (χ0n) is 16.5. The number of rotatable bonds is 5. The van der Waals surface area contributed by atoms with Crippen LogP contribution in [0, 0.1) is 11.8 Å². The Hall–Kier alpha value is -3.42. The SMILES string of the molecule is NC(=O)[C@@H](Cc1cc2c3c(c1)nc(-c1ccn4nccc4n1)n3CCCO2)C1CC1. The molecule has 8 nitrogen and oxygen atoms in total. The van der Waals surface area contributed by atoms with Crippen LogP contribution in [-0.4, -0.2) is 36.7 Å². The van der Waals surface area contributed by atoms with Gasteiger partial charge in [-0.3, -0.25) is 4.79 Å². The van der Waals surface area contributed by atoms with Crippen molar-refractivity contribution in [2.45, 2.75) is 32.2 Å². The van der Waals surface area contributed by atoms with Gasteiger partial charge in [0.15, 0.2) is 11.5 Å². The fourth-order valence-corrected chi connectivity index (χ4v) is 4.52. The molecule has 2 aliphatic rings. The highest BCUT2D eigenvalue weighted by molar-refractivity contribution is 5.87. The minimum Gasteiger partial charge on any atom is -0.491 e. The summed E-state index contributed by atoms with van der Waals surface area (Å²) in [6.07, 6.45) is 7.33. The molecule has 0 bridgehead atoms. The summed E-state index contributed by atoms with van der Waals surface area (Å²) in [6, 6.07) is 7.95. The number of carbonyl (C=O) groups excluding carboxylic acids is 1. The maximum absolute atomic E-state index is 12.0. The molecule has 0 unspecified atom stereocenters. The summed E-state index contributed by atoms with van der Waals surface area (Å²) in [7, 11) is 0. The van der Waals surface area contributed by atoms with Crippen molar-refractivity contribution < 1.29 is 9.53 Å². The quantitative estimate of drug-likeness (QED) is 0.553. The molecular weight excluding hydrogens is 380 g/mol. The Labute approximate surface area is 172 Å². The second kappa shape index (κ2) is 6.55. The average Bonchev–Trinajstić information content (AvgIpc) is 3.40. The largest absolute Gasteiger partial charge is 0.491 e. The molecular formula is C22H22N6O2. The zero-order valence-corrected chi connectivity index (χ0v) is 16.5. The van der Waals surface area contributed by atoms with Crippen LogP contribution in [0.1, 0.15) is 24.8 Å². The Morgan fingerprint density at radius 1 is 1.27 bits per heavy atom. The number of hydrogen-bond donors (Lipinski definition) is 1. The lowest BCUT2D eigenvalue weighted by atomic mass is 9.94. The van der Waals surface area contributed by atoms with Crippen molar-refractivity contribution >= 4 is 22.6 Å². The van der Waals surface area contributed by atoms with Crippen LogP contribution in [0.2, 0.25) is 0 Å². The monoisotopic (exact) mass is 402 g/mol. The molecule has 1 aliphatic carbocycles. The highest BCUT2D eigenvalue weighted by atomic mass is 16.5. The third kappa shape index (κ3) is 2.82. The molecule has 4 heterocycles. The lowest BCUT2D eigenvalue weighted by molar-refractivity contribution is -0.122. The van der Waals surface area contributed by atoms with Crippen LogP contribution in [0.4, 0.5) is 0 Å². The number of nitrogens with zero attached hydrogens (tertiary/aromatic N) is 5. The van der Waals surface area contributed by atoms with E-state index in [-0.39, 0.29) is 11.8 Å². The highest BCUT2D eigenvalue weighted by Gasteiger charge is 2.35. The number of benzene rings is 1. The first kappa shape index (κ1) is 17.4. The molecule has 2 N–H and O–H groups in total. The number of aryl methyl sites for hydroxylation is 1. The van der Waals surface area contributed by atoms with Gasteiger partial charge in [0.2, 0.25) is 5.91 Å². The number of imidazole rings is 1. The molecule has 0 saturated heterocycles. The second-order valence-corrected chi connectivity index (χ2v) is 8.25. The van der Waals surface area contributed by atoms with Gasteiger partial charge in [-0.15, -0.1) is 0 Å². The summed E-state index contributed by atoms with van der Waals surface area (Å²) in [5.41, 5.74) is 10.2. The second-order valence-electron chi connectivity index (χ2n) is 8.25. The van der Waals surface area contributed by atoms with Crippen LogP contribution >= 0.6 is 0 Å². The number of primary amides is 1. The van der Waals surface area contributed by atoms with Gasteiger partial charge in [0.05, 0.1) is 18.3 Å². The van der Waals surface area contributed by atoms with E-state index in [0.29, 0.717) is 18.9 Å². The summed E-state index contributed by atoms with van der Waals surface area (Å²) >= 11 is 0. The van der Waals surface area contributed by atoms with Gasteiger partial charge in [0.1, 0.15) is 17.0 Å². The minimum absolute atomic E-state index is 0.118. The van der Waals surface area contributed by atoms with E-state index in [4.69, 9.17) is 20.4 Å². The van der Waals surface area contributed by atoms with E-state index in [2.05, 4.69) is 21.8 Å². The summed E-state index contributed by atoms with van der Waals surface area (Å²) in [6.45, 7) is 1.47. The van der Waals surface area contributed by atoms with E-state index in [1.807, 2.05) is 18.3 Å². The number of nitrogens with two attached hydrogens (primary N) is 1. The lowest BCUT2D eigenvalue weighted by Gasteiger charge is -2.13. The maximum atomic E-state index is 12.0. The van der Waals surface area contributed by atoms with Crippen molar-refractivity contribution in [3.63, 3.8) is 0 Å². The van der Waals surface area contributed by atoms with E-state index >= 15 is 0 Å². The molecule has 1 saturated carbocycles.